The molecule has 5 heterocycles. The molecule has 66 heavy (non-hydrogen) atoms. The van der Waals surface area contributed by atoms with Crippen LogP contribution in [0.25, 0.3) is 44.2 Å². The highest BCUT2D eigenvalue weighted by atomic mass is 16.5. The Kier molecular flexibility index (Phi) is 11.3. The van der Waals surface area contributed by atoms with E-state index in [4.69, 9.17) is 33.7 Å². The van der Waals surface area contributed by atoms with E-state index < -0.39 is 36.4 Å². The number of aromatic amines is 2. The van der Waals surface area contributed by atoms with Crippen LogP contribution in [0.5, 0.6) is 5.75 Å². The van der Waals surface area contributed by atoms with Crippen LogP contribution >= 0.6 is 0 Å². The molecule has 3 aliphatic heterocycles. The van der Waals surface area contributed by atoms with Crippen LogP contribution in [0.2, 0.25) is 0 Å². The third kappa shape index (κ3) is 7.74. The summed E-state index contributed by atoms with van der Waals surface area (Å²) in [5.74, 6) is 2.05. The molecule has 4 amide bonds. The first-order chi connectivity index (χ1) is 32.1. The number of piperidine rings is 1. The second-order valence-electron chi connectivity index (χ2n) is 17.7. The molecular weight excluding hydrogens is 845 g/mol. The van der Waals surface area contributed by atoms with Crippen molar-refractivity contribution in [2.24, 2.45) is 11.8 Å². The Morgan fingerprint density at radius 2 is 1.65 bits per heavy atom. The Labute approximate surface area is 380 Å². The molecule has 10 rings (SSSR count). The van der Waals surface area contributed by atoms with Crippen molar-refractivity contribution in [1.29, 1.82) is 0 Å². The lowest BCUT2D eigenvalue weighted by molar-refractivity contribution is -0.139. The lowest BCUT2D eigenvalue weighted by Gasteiger charge is -2.32. The van der Waals surface area contributed by atoms with E-state index in [1.165, 1.54) is 21.3 Å². The van der Waals surface area contributed by atoms with Gasteiger partial charge in [0.15, 0.2) is 0 Å². The second-order valence-corrected chi connectivity index (χ2v) is 17.7. The zero-order valence-corrected chi connectivity index (χ0v) is 37.3. The van der Waals surface area contributed by atoms with E-state index in [-0.39, 0.29) is 29.8 Å². The maximum Gasteiger partial charge on any atom is 0.407 e. The first-order valence-corrected chi connectivity index (χ1v) is 22.2. The van der Waals surface area contributed by atoms with Gasteiger partial charge in [0, 0.05) is 43.7 Å². The summed E-state index contributed by atoms with van der Waals surface area (Å²) in [6.45, 7) is 3.00. The van der Waals surface area contributed by atoms with Crippen LogP contribution in [-0.4, -0.2) is 114 Å². The smallest absolute Gasteiger partial charge is 0.407 e. The third-order valence-electron chi connectivity index (χ3n) is 13.7. The number of fused-ring (bicyclic) bond motifs is 7. The Morgan fingerprint density at radius 3 is 2.42 bits per heavy atom. The van der Waals surface area contributed by atoms with E-state index in [2.05, 4.69) is 57.0 Å². The molecule has 2 saturated heterocycles. The molecule has 0 unspecified atom stereocenters. The predicted octanol–water partition coefficient (Wildman–Crippen LogP) is 6.72. The van der Waals surface area contributed by atoms with Crippen LogP contribution in [0.4, 0.5) is 9.59 Å². The van der Waals surface area contributed by atoms with E-state index in [0.29, 0.717) is 49.3 Å². The average Bonchev–Trinajstić information content (AvgIpc) is 3.81. The molecule has 2 aromatic heterocycles. The Bertz CT molecular complexity index is 2850. The minimum absolute atomic E-state index is 0.0557. The van der Waals surface area contributed by atoms with Gasteiger partial charge in [-0.05, 0) is 84.0 Å². The quantitative estimate of drug-likeness (QED) is 0.102. The van der Waals surface area contributed by atoms with Crippen molar-refractivity contribution in [1.82, 2.24) is 40.4 Å². The number of alkyl carbamates (subject to hydrolysis) is 2. The van der Waals surface area contributed by atoms with Crippen LogP contribution in [0.3, 0.4) is 0 Å². The molecule has 0 bridgehead atoms. The van der Waals surface area contributed by atoms with Crippen molar-refractivity contribution in [3.05, 3.63) is 102 Å². The van der Waals surface area contributed by atoms with Crippen molar-refractivity contribution in [3.63, 3.8) is 0 Å². The summed E-state index contributed by atoms with van der Waals surface area (Å²) in [5.41, 5.74) is 7.06. The Hall–Kier alpha value is -6.98. The standard InChI is InChI=1S/C49H52N8O9/c1-25(63-3)41(54-48(60)64-4)47(59)57-37-18-30(37)19-39(57)44-50-21-36(52-44)29-11-13-32-31(16-29)24-66-40-20-33-28(17-34(32)40)12-14-35-43(33)53-45(51-35)38-15-26(23-62-2)22-56(38)46(58)42(55-49(61)65-5)27-9-7-6-8-10-27/h6-14,16-17,20-21,25-26,30,37-39,41-42H,15,18-19,22-24H2,1-5H3,(H,50,52)(H,51,53)(H,54,60)(H,55,61)/t25-,26+,30-,37-,38+,39+,41+,42-/m1/s1. The van der Waals surface area contributed by atoms with Gasteiger partial charge in [-0.1, -0.05) is 48.5 Å². The highest BCUT2D eigenvalue weighted by Crippen LogP contribution is 2.53. The van der Waals surface area contributed by atoms with E-state index in [1.807, 2.05) is 41.3 Å². The molecule has 6 aromatic rings. The molecule has 4 aromatic carbocycles. The number of imidazole rings is 2. The molecule has 1 saturated carbocycles. The van der Waals surface area contributed by atoms with Crippen molar-refractivity contribution in [2.75, 3.05) is 41.6 Å². The highest BCUT2D eigenvalue weighted by Gasteiger charge is 2.56. The van der Waals surface area contributed by atoms with Gasteiger partial charge in [0.05, 0.1) is 61.9 Å². The molecule has 0 spiro atoms. The number of aromatic nitrogens is 4. The van der Waals surface area contributed by atoms with Gasteiger partial charge >= 0.3 is 12.2 Å². The van der Waals surface area contributed by atoms with E-state index in [0.717, 1.165) is 68.3 Å². The predicted molar refractivity (Wildman–Crippen MR) is 242 cm³/mol. The number of benzene rings is 4. The minimum atomic E-state index is -0.958. The van der Waals surface area contributed by atoms with E-state index in [9.17, 15) is 19.2 Å². The number of hydrogen-bond acceptors (Lipinski definition) is 11. The van der Waals surface area contributed by atoms with Gasteiger partial charge in [0.25, 0.3) is 5.91 Å². The number of H-pyrrole nitrogens is 2. The van der Waals surface area contributed by atoms with E-state index in [1.54, 1.807) is 25.1 Å². The molecule has 342 valence electrons. The number of nitrogens with zero attached hydrogens (tertiary/aromatic N) is 4. The van der Waals surface area contributed by atoms with Crippen molar-refractivity contribution < 1.29 is 42.9 Å². The van der Waals surface area contributed by atoms with Gasteiger partial charge in [-0.15, -0.1) is 0 Å². The first kappa shape index (κ1) is 42.9. The number of carbonyl (C=O) groups is 4. The monoisotopic (exact) mass is 896 g/mol. The minimum Gasteiger partial charge on any atom is -0.488 e. The summed E-state index contributed by atoms with van der Waals surface area (Å²) >= 11 is 0. The summed E-state index contributed by atoms with van der Waals surface area (Å²) in [6.07, 6.45) is 2.17. The SMILES string of the molecule is COC[C@H]1C[C@@H](c2nc3ccc4cc5c(cc4c3[nH]2)OCc2cc(-c3cnc([C@@H]4C[C@H]6C[C@H]6N4C(=O)[C@@H](NC(=O)OC)[C@@H](C)OC)[nH]3)ccc2-5)N(C(=O)[C@H](NC(=O)OC)c2ccccc2)C1. The number of amides is 4. The van der Waals surface area contributed by atoms with Crippen molar-refractivity contribution in [2.45, 2.75) is 69.1 Å². The fourth-order valence-corrected chi connectivity index (χ4v) is 10.2. The van der Waals surface area contributed by atoms with Crippen molar-refractivity contribution >= 4 is 45.8 Å². The number of nitrogens with one attached hydrogen (secondary N) is 4. The van der Waals surface area contributed by atoms with Gasteiger partial charge in [-0.3, -0.25) is 9.59 Å². The number of carbonyl (C=O) groups excluding carboxylic acids is 4. The number of methoxy groups -OCH3 is 4. The van der Waals surface area contributed by atoms with Gasteiger partial charge in [0.1, 0.15) is 36.1 Å². The van der Waals surface area contributed by atoms with Crippen LogP contribution in [0.1, 0.15) is 67.1 Å². The maximum absolute atomic E-state index is 14.4. The third-order valence-corrected chi connectivity index (χ3v) is 13.7. The Balaban J connectivity index is 0.912. The fourth-order valence-electron chi connectivity index (χ4n) is 10.2. The number of ether oxygens (including phenoxy) is 5. The largest absolute Gasteiger partial charge is 0.488 e. The lowest BCUT2D eigenvalue weighted by Crippen LogP contribution is -2.54. The fraction of sp³-hybridized carbons (Fsp3) is 0.388. The van der Waals surface area contributed by atoms with E-state index >= 15 is 0 Å². The van der Waals surface area contributed by atoms with Gasteiger partial charge < -0.3 is 54.1 Å². The summed E-state index contributed by atoms with van der Waals surface area (Å²) in [4.78, 5) is 73.7. The summed E-state index contributed by atoms with van der Waals surface area (Å²) in [7, 11) is 5.71. The molecule has 4 aliphatic rings. The molecule has 17 nitrogen and oxygen atoms in total. The summed E-state index contributed by atoms with van der Waals surface area (Å²) in [5, 5.41) is 7.36. The van der Waals surface area contributed by atoms with Crippen LogP contribution in [0, 0.1) is 11.8 Å². The molecular formula is C49H52N8O9. The van der Waals surface area contributed by atoms with Crippen molar-refractivity contribution in [3.8, 4) is 28.1 Å². The normalized spacial score (nSPS) is 21.9. The molecule has 4 N–H and O–H groups in total. The number of rotatable bonds is 12. The first-order valence-electron chi connectivity index (χ1n) is 22.2. The zero-order valence-electron chi connectivity index (χ0n) is 37.3. The molecule has 17 heteroatoms. The molecule has 1 aliphatic carbocycles. The maximum atomic E-state index is 14.4. The highest BCUT2D eigenvalue weighted by molar-refractivity contribution is 6.07. The molecule has 0 radical (unpaired) electrons. The summed E-state index contributed by atoms with van der Waals surface area (Å²) < 4.78 is 27.2. The molecule has 3 fully saturated rings. The summed E-state index contributed by atoms with van der Waals surface area (Å²) in [6, 6.07) is 21.2. The van der Waals surface area contributed by atoms with Crippen LogP contribution in [0.15, 0.2) is 79.0 Å². The van der Waals surface area contributed by atoms with Crippen LogP contribution in [-0.2, 0) is 35.1 Å². The van der Waals surface area contributed by atoms with Gasteiger partial charge in [0.2, 0.25) is 5.91 Å². The number of hydrogen-bond donors (Lipinski definition) is 4. The number of likely N-dealkylation sites (tertiary alicyclic amines) is 2. The lowest BCUT2D eigenvalue weighted by atomic mass is 9.92. The average molecular weight is 897 g/mol. The van der Waals surface area contributed by atoms with Gasteiger partial charge in [-0.2, -0.15) is 0 Å². The zero-order chi connectivity index (χ0) is 45.8. The Morgan fingerprint density at radius 1 is 0.848 bits per heavy atom. The molecule has 8 atom stereocenters. The van der Waals surface area contributed by atoms with Gasteiger partial charge in [-0.25, -0.2) is 19.6 Å². The second kappa shape index (κ2) is 17.4. The van der Waals surface area contributed by atoms with Crippen LogP contribution < -0.4 is 15.4 Å². The topological polar surface area (TPSA) is 202 Å².